The molecule has 1 saturated heterocycles. The van der Waals surface area contributed by atoms with E-state index in [-0.39, 0.29) is 30.0 Å². The quantitative estimate of drug-likeness (QED) is 0.679. The van der Waals surface area contributed by atoms with Crippen LogP contribution < -0.4 is 4.74 Å². The van der Waals surface area contributed by atoms with Crippen LogP contribution in [0.3, 0.4) is 0 Å². The Morgan fingerprint density at radius 1 is 1.27 bits per heavy atom. The molecule has 0 saturated carbocycles. The van der Waals surface area contributed by atoms with Crippen LogP contribution in [0.2, 0.25) is 0 Å². The van der Waals surface area contributed by atoms with Crippen molar-refractivity contribution in [1.29, 1.82) is 0 Å². The van der Waals surface area contributed by atoms with Gasteiger partial charge in [0.15, 0.2) is 21.4 Å². The van der Waals surface area contributed by atoms with Gasteiger partial charge in [-0.15, -0.1) is 5.10 Å². The molecule has 3 heterocycles. The zero-order chi connectivity index (χ0) is 18.1. The number of halogens is 1. The molecule has 0 N–H and O–H groups in total. The molecule has 0 aliphatic carbocycles. The van der Waals surface area contributed by atoms with Gasteiger partial charge in [0.2, 0.25) is 5.82 Å². The molecule has 1 aromatic carbocycles. The van der Waals surface area contributed by atoms with Crippen molar-refractivity contribution in [2.75, 3.05) is 11.5 Å². The van der Waals surface area contributed by atoms with Crippen LogP contribution >= 0.6 is 0 Å². The second kappa shape index (κ2) is 6.56. The third-order valence-corrected chi connectivity index (χ3v) is 5.93. The second-order valence-corrected chi connectivity index (χ2v) is 8.30. The molecule has 0 unspecified atom stereocenters. The van der Waals surface area contributed by atoms with Gasteiger partial charge in [0.05, 0.1) is 23.8 Å². The first-order valence-corrected chi connectivity index (χ1v) is 9.90. The number of benzene rings is 1. The summed E-state index contributed by atoms with van der Waals surface area (Å²) in [7, 11) is -3.07. The summed E-state index contributed by atoms with van der Waals surface area (Å²) in [5, 5.41) is 4.43. The van der Waals surface area contributed by atoms with E-state index in [1.807, 2.05) is 0 Å². The molecule has 0 amide bonds. The molecule has 3 aromatic rings. The van der Waals surface area contributed by atoms with Gasteiger partial charge in [-0.1, -0.05) is 0 Å². The summed E-state index contributed by atoms with van der Waals surface area (Å²) in [5.74, 6) is 1.65. The molecule has 1 fully saturated rings. The third kappa shape index (κ3) is 3.48. The van der Waals surface area contributed by atoms with Gasteiger partial charge in [0, 0.05) is 0 Å². The van der Waals surface area contributed by atoms with Crippen LogP contribution in [0.5, 0.6) is 5.75 Å². The van der Waals surface area contributed by atoms with E-state index in [2.05, 4.69) is 10.1 Å². The van der Waals surface area contributed by atoms with Crippen molar-refractivity contribution >= 4 is 9.84 Å². The normalized spacial score (nSPS) is 18.9. The molecule has 1 aliphatic heterocycles. The topological polar surface area (TPSA) is 87.2 Å². The van der Waals surface area contributed by atoms with Crippen molar-refractivity contribution in [3.05, 3.63) is 54.3 Å². The molecule has 0 radical (unpaired) electrons. The predicted molar refractivity (Wildman–Crippen MR) is 90.8 cm³/mol. The highest BCUT2D eigenvalue weighted by atomic mass is 32.2. The molecule has 9 heteroatoms. The SMILES string of the molecule is O=S1(=O)CC[C@@H](n2nc(-c3ccco3)nc2COc2ccc(F)cc2)C1. The van der Waals surface area contributed by atoms with Gasteiger partial charge in [-0.2, -0.15) is 0 Å². The van der Waals surface area contributed by atoms with E-state index in [1.54, 1.807) is 16.8 Å². The third-order valence-electron chi connectivity index (χ3n) is 4.18. The zero-order valence-corrected chi connectivity index (χ0v) is 14.5. The maximum atomic E-state index is 13.0. The van der Waals surface area contributed by atoms with Crippen LogP contribution in [0.4, 0.5) is 4.39 Å². The minimum absolute atomic E-state index is 0.0253. The van der Waals surface area contributed by atoms with E-state index in [0.29, 0.717) is 29.6 Å². The first-order chi connectivity index (χ1) is 12.5. The van der Waals surface area contributed by atoms with Crippen LogP contribution in [0, 0.1) is 5.82 Å². The van der Waals surface area contributed by atoms with Crippen LogP contribution in [0.25, 0.3) is 11.6 Å². The number of furan rings is 1. The van der Waals surface area contributed by atoms with E-state index >= 15 is 0 Å². The highest BCUT2D eigenvalue weighted by Gasteiger charge is 2.32. The number of ether oxygens (including phenoxy) is 1. The lowest BCUT2D eigenvalue weighted by molar-refractivity contribution is 0.280. The molecule has 136 valence electrons. The molecule has 0 bridgehead atoms. The fraction of sp³-hybridized carbons (Fsp3) is 0.294. The Bertz CT molecular complexity index is 997. The summed E-state index contributed by atoms with van der Waals surface area (Å²) in [5.41, 5.74) is 0. The number of rotatable bonds is 5. The summed E-state index contributed by atoms with van der Waals surface area (Å²) in [6.07, 6.45) is 2.00. The Labute approximate surface area is 149 Å². The van der Waals surface area contributed by atoms with Crippen molar-refractivity contribution in [2.24, 2.45) is 0 Å². The summed E-state index contributed by atoms with van der Waals surface area (Å²) < 4.78 is 49.2. The van der Waals surface area contributed by atoms with Gasteiger partial charge in [-0.05, 0) is 42.8 Å². The molecule has 26 heavy (non-hydrogen) atoms. The minimum Gasteiger partial charge on any atom is -0.486 e. The number of hydrogen-bond donors (Lipinski definition) is 0. The van der Waals surface area contributed by atoms with Crippen molar-refractivity contribution in [3.8, 4) is 17.3 Å². The van der Waals surface area contributed by atoms with E-state index in [9.17, 15) is 12.8 Å². The number of hydrogen-bond acceptors (Lipinski definition) is 6. The first-order valence-electron chi connectivity index (χ1n) is 8.08. The minimum atomic E-state index is -3.07. The Kier molecular flexibility index (Phi) is 4.23. The van der Waals surface area contributed by atoms with Crippen molar-refractivity contribution in [2.45, 2.75) is 19.1 Å². The number of aromatic nitrogens is 3. The lowest BCUT2D eigenvalue weighted by atomic mass is 10.3. The van der Waals surface area contributed by atoms with Gasteiger partial charge >= 0.3 is 0 Å². The molecule has 2 aromatic heterocycles. The van der Waals surface area contributed by atoms with Gasteiger partial charge in [-0.25, -0.2) is 22.5 Å². The molecule has 7 nitrogen and oxygen atoms in total. The van der Waals surface area contributed by atoms with Crippen LogP contribution in [-0.4, -0.2) is 34.7 Å². The summed E-state index contributed by atoms with van der Waals surface area (Å²) in [6.45, 7) is 0.0793. The highest BCUT2D eigenvalue weighted by molar-refractivity contribution is 7.91. The fourth-order valence-electron chi connectivity index (χ4n) is 2.90. The van der Waals surface area contributed by atoms with E-state index in [4.69, 9.17) is 9.15 Å². The zero-order valence-electron chi connectivity index (χ0n) is 13.7. The molecule has 1 aliphatic rings. The first kappa shape index (κ1) is 16.8. The molecular formula is C17H16FN3O4S. The maximum absolute atomic E-state index is 13.0. The summed E-state index contributed by atoms with van der Waals surface area (Å²) in [4.78, 5) is 4.44. The fourth-order valence-corrected chi connectivity index (χ4v) is 4.60. The Hall–Kier alpha value is -2.68. The second-order valence-electron chi connectivity index (χ2n) is 6.07. The van der Waals surface area contributed by atoms with E-state index in [1.165, 1.54) is 30.5 Å². The average Bonchev–Trinajstić information content (AvgIpc) is 3.33. The average molecular weight is 377 g/mol. The summed E-state index contributed by atoms with van der Waals surface area (Å²) >= 11 is 0. The van der Waals surface area contributed by atoms with Crippen LogP contribution in [-0.2, 0) is 16.4 Å². The van der Waals surface area contributed by atoms with Crippen LogP contribution in [0.15, 0.2) is 47.1 Å². The lowest BCUT2D eigenvalue weighted by Crippen LogP contribution is -2.16. The maximum Gasteiger partial charge on any atom is 0.217 e. The van der Waals surface area contributed by atoms with Gasteiger partial charge in [0.25, 0.3) is 0 Å². The molecule has 0 spiro atoms. The molecular weight excluding hydrogens is 361 g/mol. The van der Waals surface area contributed by atoms with E-state index in [0.717, 1.165) is 0 Å². The predicted octanol–water partition coefficient (Wildman–Crippen LogP) is 2.62. The Balaban J connectivity index is 1.62. The Morgan fingerprint density at radius 2 is 2.08 bits per heavy atom. The standard InChI is InChI=1S/C17H16FN3O4S/c18-12-3-5-14(6-4-12)25-10-16-19-17(15-2-1-8-24-15)20-21(16)13-7-9-26(22,23)11-13/h1-6,8,13H,7,9-11H2/t13-/m1/s1. The number of sulfone groups is 1. The Morgan fingerprint density at radius 3 is 2.73 bits per heavy atom. The smallest absolute Gasteiger partial charge is 0.217 e. The number of nitrogens with zero attached hydrogens (tertiary/aromatic N) is 3. The van der Waals surface area contributed by atoms with Gasteiger partial charge in [-0.3, -0.25) is 0 Å². The highest BCUT2D eigenvalue weighted by Crippen LogP contribution is 2.27. The van der Waals surface area contributed by atoms with E-state index < -0.39 is 9.84 Å². The molecule has 1 atom stereocenters. The van der Waals surface area contributed by atoms with Crippen LogP contribution in [0.1, 0.15) is 18.3 Å². The largest absolute Gasteiger partial charge is 0.486 e. The lowest BCUT2D eigenvalue weighted by Gasteiger charge is -2.12. The van der Waals surface area contributed by atoms with Gasteiger partial charge in [0.1, 0.15) is 18.2 Å². The summed E-state index contributed by atoms with van der Waals surface area (Å²) in [6, 6.07) is 8.81. The van der Waals surface area contributed by atoms with Crippen molar-refractivity contribution < 1.29 is 22.0 Å². The van der Waals surface area contributed by atoms with Crippen molar-refractivity contribution in [3.63, 3.8) is 0 Å². The molecule has 4 rings (SSSR count). The van der Waals surface area contributed by atoms with Crippen molar-refractivity contribution in [1.82, 2.24) is 14.8 Å². The van der Waals surface area contributed by atoms with Gasteiger partial charge < -0.3 is 9.15 Å². The monoisotopic (exact) mass is 377 g/mol.